The van der Waals surface area contributed by atoms with E-state index in [1.165, 1.54) is 10.9 Å². The number of imidazole rings is 1. The molecule has 1 fully saturated rings. The Bertz CT molecular complexity index is 1500. The third-order valence-electron chi connectivity index (χ3n) is 5.59. The molecule has 0 unspecified atom stereocenters. The molecule has 9 nitrogen and oxygen atoms in total. The first-order valence-electron chi connectivity index (χ1n) is 9.63. The van der Waals surface area contributed by atoms with Crippen LogP contribution in [0.25, 0.3) is 16.7 Å². The van der Waals surface area contributed by atoms with E-state index in [2.05, 4.69) is 43.0 Å². The zero-order chi connectivity index (χ0) is 21.1. The van der Waals surface area contributed by atoms with Crippen LogP contribution < -0.4 is 5.56 Å². The quantitative estimate of drug-likeness (QED) is 0.455. The number of allylic oxidation sites excluding steroid dienone is 2. The first kappa shape index (κ1) is 18.0. The molecule has 0 bridgehead atoms. The van der Waals surface area contributed by atoms with Gasteiger partial charge < -0.3 is 9.09 Å². The van der Waals surface area contributed by atoms with Crippen LogP contribution >= 0.6 is 11.6 Å². The van der Waals surface area contributed by atoms with Gasteiger partial charge in [0.2, 0.25) is 5.89 Å². The average molecular weight is 432 g/mol. The predicted octanol–water partition coefficient (Wildman–Crippen LogP) is 2.04. The Morgan fingerprint density at radius 3 is 3.00 bits per heavy atom. The summed E-state index contributed by atoms with van der Waals surface area (Å²) in [6.07, 6.45) is 6.77. The lowest BCUT2D eigenvalue weighted by Gasteiger charge is -2.02. The number of hydrogen-bond acceptors (Lipinski definition) is 7. The minimum atomic E-state index is -0.211. The predicted molar refractivity (Wildman–Crippen MR) is 111 cm³/mol. The number of pyridine rings is 1. The largest absolute Gasteiger partial charge is 0.337 e. The standard InChI is InChI=1S/C21H14ClN7O2/c1-28-9-24-20-18(28)21(30)29(10-25-20)8-16-26-19(27-31-16)17-13-3-2-11(6-14(13)17)15-7-12(22)4-5-23-15/h4-7,9-10,13-14,17H,8H2,1H3/t13-,14+,17+/m0/s1. The fourth-order valence-corrected chi connectivity index (χ4v) is 4.11. The molecular weight excluding hydrogens is 418 g/mol. The molecule has 6 rings (SSSR count). The molecule has 1 saturated carbocycles. The van der Waals surface area contributed by atoms with Crippen molar-refractivity contribution in [3.63, 3.8) is 0 Å². The highest BCUT2D eigenvalue weighted by Gasteiger charge is 2.53. The maximum atomic E-state index is 12.7. The molecule has 0 aromatic carbocycles. The van der Waals surface area contributed by atoms with Gasteiger partial charge in [0.05, 0.1) is 12.0 Å². The summed E-state index contributed by atoms with van der Waals surface area (Å²) in [5.74, 6) is 7.80. The van der Waals surface area contributed by atoms with E-state index < -0.39 is 0 Å². The third-order valence-corrected chi connectivity index (χ3v) is 5.83. The van der Waals surface area contributed by atoms with E-state index in [0.29, 0.717) is 27.9 Å². The van der Waals surface area contributed by atoms with Crippen molar-refractivity contribution in [2.45, 2.75) is 12.5 Å². The van der Waals surface area contributed by atoms with Crippen molar-refractivity contribution in [2.75, 3.05) is 0 Å². The van der Waals surface area contributed by atoms with E-state index >= 15 is 0 Å². The minimum absolute atomic E-state index is 0.0658. The fourth-order valence-electron chi connectivity index (χ4n) is 3.95. The van der Waals surface area contributed by atoms with E-state index in [4.69, 9.17) is 16.1 Å². The van der Waals surface area contributed by atoms with Gasteiger partial charge in [-0.05, 0) is 12.1 Å². The molecule has 0 N–H and O–H groups in total. The number of aromatic nitrogens is 7. The monoisotopic (exact) mass is 431 g/mol. The van der Waals surface area contributed by atoms with Crippen LogP contribution in [0.1, 0.15) is 23.3 Å². The Morgan fingerprint density at radius 2 is 2.13 bits per heavy atom. The summed E-state index contributed by atoms with van der Waals surface area (Å²) in [5.41, 5.74) is 2.25. The Labute approximate surface area is 180 Å². The van der Waals surface area contributed by atoms with E-state index in [1.54, 1.807) is 36.3 Å². The molecule has 4 aromatic heterocycles. The zero-order valence-electron chi connectivity index (χ0n) is 16.2. The van der Waals surface area contributed by atoms with Crippen LogP contribution in [0.2, 0.25) is 5.02 Å². The number of fused-ring (bicyclic) bond motifs is 2. The molecular formula is C21H14ClN7O2. The number of nitrogens with zero attached hydrogens (tertiary/aromatic N) is 7. The van der Waals surface area contributed by atoms with Crippen LogP contribution in [0.15, 0.2) is 46.4 Å². The summed E-state index contributed by atoms with van der Waals surface area (Å²) < 4.78 is 8.49. The van der Waals surface area contributed by atoms with Gasteiger partial charge in [0.1, 0.15) is 12.9 Å². The molecule has 2 aliphatic rings. The average Bonchev–Trinajstić information content (AvgIpc) is 3.07. The highest BCUT2D eigenvalue weighted by molar-refractivity contribution is 6.30. The van der Waals surface area contributed by atoms with Crippen molar-refractivity contribution in [1.82, 2.24) is 34.2 Å². The smallest absolute Gasteiger partial charge is 0.280 e. The molecule has 0 amide bonds. The second kappa shape index (κ2) is 6.62. The second-order valence-electron chi connectivity index (χ2n) is 7.59. The second-order valence-corrected chi connectivity index (χ2v) is 8.03. The van der Waals surface area contributed by atoms with Gasteiger partial charge in [-0.1, -0.05) is 34.7 Å². The van der Waals surface area contributed by atoms with Crippen molar-refractivity contribution < 1.29 is 4.52 Å². The van der Waals surface area contributed by atoms with Crippen LogP contribution in [-0.4, -0.2) is 34.2 Å². The van der Waals surface area contributed by atoms with Crippen molar-refractivity contribution in [3.05, 3.63) is 69.8 Å². The van der Waals surface area contributed by atoms with E-state index in [0.717, 1.165) is 11.3 Å². The third kappa shape index (κ3) is 2.95. The van der Waals surface area contributed by atoms with E-state index in [9.17, 15) is 4.79 Å². The van der Waals surface area contributed by atoms with Gasteiger partial charge in [0, 0.05) is 41.6 Å². The molecule has 4 heterocycles. The number of hydrogen-bond donors (Lipinski definition) is 0. The number of rotatable bonds is 4. The Balaban J connectivity index is 1.24. The molecule has 0 saturated heterocycles. The fraction of sp³-hybridized carbons (Fsp3) is 0.238. The Hall–Kier alpha value is -3.77. The van der Waals surface area contributed by atoms with Gasteiger partial charge in [0.25, 0.3) is 5.56 Å². The molecule has 152 valence electrons. The number of aryl methyl sites for hydroxylation is 1. The summed E-state index contributed by atoms with van der Waals surface area (Å²) in [6.45, 7) is 0.140. The molecule has 10 heteroatoms. The van der Waals surface area contributed by atoms with Crippen LogP contribution in [0.3, 0.4) is 0 Å². The zero-order valence-corrected chi connectivity index (χ0v) is 17.0. The van der Waals surface area contributed by atoms with Crippen LogP contribution in [0.5, 0.6) is 0 Å². The van der Waals surface area contributed by atoms with Crippen LogP contribution in [0, 0.1) is 23.7 Å². The van der Waals surface area contributed by atoms with Gasteiger partial charge in [-0.3, -0.25) is 14.3 Å². The van der Waals surface area contributed by atoms with E-state index in [-0.39, 0.29) is 29.9 Å². The molecule has 0 spiro atoms. The molecule has 0 radical (unpaired) electrons. The van der Waals surface area contributed by atoms with Crippen LogP contribution in [-0.2, 0) is 13.6 Å². The highest BCUT2D eigenvalue weighted by atomic mass is 35.5. The molecule has 3 atom stereocenters. The van der Waals surface area contributed by atoms with Gasteiger partial charge in [-0.2, -0.15) is 4.98 Å². The lowest BCUT2D eigenvalue weighted by Crippen LogP contribution is -2.22. The highest BCUT2D eigenvalue weighted by Crippen LogP contribution is 2.55. The summed E-state index contributed by atoms with van der Waals surface area (Å²) >= 11 is 6.07. The molecule has 0 aliphatic heterocycles. The lowest BCUT2D eigenvalue weighted by atomic mass is 10.1. The maximum Gasteiger partial charge on any atom is 0.280 e. The molecule has 2 aliphatic carbocycles. The number of halogens is 1. The van der Waals surface area contributed by atoms with Gasteiger partial charge in [0.15, 0.2) is 17.0 Å². The van der Waals surface area contributed by atoms with Gasteiger partial charge in [-0.25, -0.2) is 9.97 Å². The summed E-state index contributed by atoms with van der Waals surface area (Å²) in [4.78, 5) is 29.9. The maximum absolute atomic E-state index is 12.7. The topological polar surface area (TPSA) is 105 Å². The van der Waals surface area contributed by atoms with E-state index in [1.807, 2.05) is 0 Å². The lowest BCUT2D eigenvalue weighted by molar-refractivity contribution is 0.364. The molecule has 31 heavy (non-hydrogen) atoms. The summed E-state index contributed by atoms with van der Waals surface area (Å²) in [5, 5.41) is 4.76. The summed E-state index contributed by atoms with van der Waals surface area (Å²) in [6, 6.07) is 3.54. The van der Waals surface area contributed by atoms with Crippen molar-refractivity contribution >= 4 is 28.3 Å². The van der Waals surface area contributed by atoms with Crippen molar-refractivity contribution in [1.29, 1.82) is 0 Å². The summed E-state index contributed by atoms with van der Waals surface area (Å²) in [7, 11) is 1.75. The van der Waals surface area contributed by atoms with Crippen molar-refractivity contribution in [3.8, 4) is 11.8 Å². The van der Waals surface area contributed by atoms with Gasteiger partial charge >= 0.3 is 0 Å². The first-order valence-corrected chi connectivity index (χ1v) is 10.0. The van der Waals surface area contributed by atoms with Gasteiger partial charge in [-0.15, -0.1) is 0 Å². The van der Waals surface area contributed by atoms with Crippen LogP contribution in [0.4, 0.5) is 0 Å². The Morgan fingerprint density at radius 1 is 1.26 bits per heavy atom. The SMILES string of the molecule is Cn1cnc2ncn(Cc3nc([C@@H]4[C@H]5C#CC(c6cc(Cl)ccn6)=C[C@H]54)no3)c(=O)c21. The molecule has 4 aromatic rings. The Kier molecular flexibility index (Phi) is 3.85. The van der Waals surface area contributed by atoms with Crippen molar-refractivity contribution in [2.24, 2.45) is 18.9 Å². The normalized spacial score (nSPS) is 21.4. The minimum Gasteiger partial charge on any atom is -0.337 e. The first-order chi connectivity index (χ1) is 15.1.